The van der Waals surface area contributed by atoms with Crippen LogP contribution in [0.2, 0.25) is 0 Å². The molecule has 1 aromatic rings. The molecule has 0 radical (unpaired) electrons. The maximum absolute atomic E-state index is 12.1. The molecule has 2 rings (SSSR count). The SMILES string of the molecule is Cn1nnnc1SCC(=O)N1CCCC[C@H]1C(N)=O. The molecule has 0 aromatic carbocycles. The van der Waals surface area contributed by atoms with Gasteiger partial charge in [-0.1, -0.05) is 11.8 Å². The molecule has 2 N–H and O–H groups in total. The molecule has 1 saturated heterocycles. The van der Waals surface area contributed by atoms with Crippen molar-refractivity contribution in [3.05, 3.63) is 0 Å². The largest absolute Gasteiger partial charge is 0.368 e. The van der Waals surface area contributed by atoms with Crippen LogP contribution in [0.15, 0.2) is 5.16 Å². The van der Waals surface area contributed by atoms with Crippen molar-refractivity contribution in [1.82, 2.24) is 25.1 Å². The van der Waals surface area contributed by atoms with Crippen molar-refractivity contribution in [2.75, 3.05) is 12.3 Å². The smallest absolute Gasteiger partial charge is 0.240 e. The zero-order valence-electron chi connectivity index (χ0n) is 10.7. The van der Waals surface area contributed by atoms with Gasteiger partial charge in [0.15, 0.2) is 0 Å². The van der Waals surface area contributed by atoms with Crippen LogP contribution in [0.3, 0.4) is 0 Å². The summed E-state index contributed by atoms with van der Waals surface area (Å²) >= 11 is 1.25. The lowest BCUT2D eigenvalue weighted by atomic mass is 10.0. The predicted octanol–water partition coefficient (Wildman–Crippen LogP) is -0.831. The summed E-state index contributed by atoms with van der Waals surface area (Å²) in [6.45, 7) is 0.587. The molecule has 1 fully saturated rings. The fraction of sp³-hybridized carbons (Fsp3) is 0.700. The number of thioether (sulfide) groups is 1. The van der Waals surface area contributed by atoms with Gasteiger partial charge in [0.1, 0.15) is 6.04 Å². The van der Waals surface area contributed by atoms with Crippen LogP contribution in [-0.2, 0) is 16.6 Å². The van der Waals surface area contributed by atoms with E-state index in [0.29, 0.717) is 18.1 Å². The number of hydrogen-bond donors (Lipinski definition) is 1. The molecule has 2 heterocycles. The normalized spacial score (nSPS) is 19.4. The zero-order chi connectivity index (χ0) is 13.8. The van der Waals surface area contributed by atoms with Gasteiger partial charge in [0.25, 0.3) is 0 Å². The lowest BCUT2D eigenvalue weighted by Gasteiger charge is -2.33. The Hall–Kier alpha value is -1.64. The van der Waals surface area contributed by atoms with E-state index in [4.69, 9.17) is 5.73 Å². The van der Waals surface area contributed by atoms with Crippen molar-refractivity contribution in [1.29, 1.82) is 0 Å². The number of likely N-dealkylation sites (tertiary alicyclic amines) is 1. The molecule has 1 aliphatic heterocycles. The minimum atomic E-state index is -0.473. The molecule has 9 heteroatoms. The first-order valence-corrected chi connectivity index (χ1v) is 7.02. The molecule has 0 saturated carbocycles. The van der Waals surface area contributed by atoms with E-state index in [1.54, 1.807) is 11.9 Å². The van der Waals surface area contributed by atoms with Crippen molar-refractivity contribution in [3.8, 4) is 0 Å². The predicted molar refractivity (Wildman–Crippen MR) is 68.1 cm³/mol. The first-order chi connectivity index (χ1) is 9.09. The molecule has 1 aliphatic rings. The van der Waals surface area contributed by atoms with E-state index in [-0.39, 0.29) is 11.7 Å². The van der Waals surface area contributed by atoms with Crippen molar-refractivity contribution in [3.63, 3.8) is 0 Å². The molecule has 0 spiro atoms. The summed E-state index contributed by atoms with van der Waals surface area (Å²) < 4.78 is 1.50. The van der Waals surface area contributed by atoms with Gasteiger partial charge in [0, 0.05) is 13.6 Å². The molecule has 2 amide bonds. The highest BCUT2D eigenvalue weighted by Crippen LogP contribution is 2.20. The van der Waals surface area contributed by atoms with Crippen molar-refractivity contribution in [2.24, 2.45) is 12.8 Å². The van der Waals surface area contributed by atoms with Gasteiger partial charge in [-0.25, -0.2) is 4.68 Å². The second-order valence-corrected chi connectivity index (χ2v) is 5.32. The summed E-state index contributed by atoms with van der Waals surface area (Å²) in [6, 6.07) is -0.473. The Kier molecular flexibility index (Phi) is 4.35. The molecule has 8 nitrogen and oxygen atoms in total. The molecule has 104 valence electrons. The van der Waals surface area contributed by atoms with E-state index in [1.165, 1.54) is 16.4 Å². The Morgan fingerprint density at radius 2 is 2.26 bits per heavy atom. The molecule has 1 aromatic heterocycles. The Morgan fingerprint density at radius 3 is 2.89 bits per heavy atom. The van der Waals surface area contributed by atoms with Gasteiger partial charge in [-0.05, 0) is 29.7 Å². The van der Waals surface area contributed by atoms with Gasteiger partial charge >= 0.3 is 0 Å². The number of carbonyl (C=O) groups excluding carboxylic acids is 2. The fourth-order valence-electron chi connectivity index (χ4n) is 2.08. The van der Waals surface area contributed by atoms with E-state index < -0.39 is 11.9 Å². The number of amides is 2. The van der Waals surface area contributed by atoms with Crippen molar-refractivity contribution in [2.45, 2.75) is 30.5 Å². The Labute approximate surface area is 114 Å². The average Bonchev–Trinajstić information content (AvgIpc) is 2.81. The maximum Gasteiger partial charge on any atom is 0.240 e. The third-order valence-corrected chi connectivity index (χ3v) is 4.05. The van der Waals surface area contributed by atoms with Crippen LogP contribution in [0.5, 0.6) is 0 Å². The number of tetrazole rings is 1. The van der Waals surface area contributed by atoms with Crippen LogP contribution in [0.1, 0.15) is 19.3 Å². The van der Waals surface area contributed by atoms with Crippen molar-refractivity contribution < 1.29 is 9.59 Å². The molecular formula is C10H16N6O2S. The highest BCUT2D eigenvalue weighted by Gasteiger charge is 2.30. The zero-order valence-corrected chi connectivity index (χ0v) is 11.5. The minimum absolute atomic E-state index is 0.100. The monoisotopic (exact) mass is 284 g/mol. The van der Waals surface area contributed by atoms with Crippen LogP contribution in [0.25, 0.3) is 0 Å². The van der Waals surface area contributed by atoms with Crippen LogP contribution < -0.4 is 5.73 Å². The number of aryl methyl sites for hydroxylation is 1. The fourth-order valence-corrected chi connectivity index (χ4v) is 2.81. The number of rotatable bonds is 4. The van der Waals surface area contributed by atoms with Crippen LogP contribution in [0.4, 0.5) is 0 Å². The second-order valence-electron chi connectivity index (χ2n) is 4.37. The van der Waals surface area contributed by atoms with Crippen LogP contribution in [-0.4, -0.2) is 55.3 Å². The second kappa shape index (κ2) is 6.00. The van der Waals surface area contributed by atoms with Gasteiger partial charge < -0.3 is 10.6 Å². The Bertz CT molecular complexity index is 476. The number of carbonyl (C=O) groups is 2. The molecule has 0 aliphatic carbocycles. The van der Waals surface area contributed by atoms with Gasteiger partial charge in [-0.3, -0.25) is 9.59 Å². The lowest BCUT2D eigenvalue weighted by molar-refractivity contribution is -0.138. The number of nitrogens with two attached hydrogens (primary N) is 1. The summed E-state index contributed by atoms with van der Waals surface area (Å²) in [5.74, 6) is -0.326. The maximum atomic E-state index is 12.1. The van der Waals surface area contributed by atoms with Gasteiger partial charge in [-0.15, -0.1) is 5.10 Å². The molecule has 19 heavy (non-hydrogen) atoms. The lowest BCUT2D eigenvalue weighted by Crippen LogP contribution is -2.51. The first-order valence-electron chi connectivity index (χ1n) is 6.03. The average molecular weight is 284 g/mol. The van der Waals surface area contributed by atoms with Crippen molar-refractivity contribution >= 4 is 23.6 Å². The van der Waals surface area contributed by atoms with Gasteiger partial charge in [-0.2, -0.15) is 0 Å². The minimum Gasteiger partial charge on any atom is -0.368 e. The molecule has 0 bridgehead atoms. The van der Waals surface area contributed by atoms with Gasteiger partial charge in [0.05, 0.1) is 5.75 Å². The molecule has 1 atom stereocenters. The van der Waals surface area contributed by atoms with E-state index in [1.807, 2.05) is 0 Å². The third-order valence-electron chi connectivity index (χ3n) is 3.06. The number of aromatic nitrogens is 4. The standard InChI is InChI=1S/C10H16N6O2S/c1-15-10(12-13-14-15)19-6-8(17)16-5-3-2-4-7(16)9(11)18/h7H,2-6H2,1H3,(H2,11,18)/t7-/m0/s1. The number of primary amides is 1. The topological polar surface area (TPSA) is 107 Å². The first kappa shape index (κ1) is 13.8. The summed E-state index contributed by atoms with van der Waals surface area (Å²) in [5.41, 5.74) is 5.33. The Balaban J connectivity index is 1.94. The van der Waals surface area contributed by atoms with Crippen LogP contribution >= 0.6 is 11.8 Å². The van der Waals surface area contributed by atoms with E-state index in [9.17, 15) is 9.59 Å². The van der Waals surface area contributed by atoms with E-state index in [0.717, 1.165) is 12.8 Å². The summed E-state index contributed by atoms with van der Waals surface area (Å²) in [6.07, 6.45) is 2.49. The van der Waals surface area contributed by atoms with Crippen LogP contribution in [0, 0.1) is 0 Å². The summed E-state index contributed by atoms with van der Waals surface area (Å²) in [7, 11) is 1.71. The quantitative estimate of drug-likeness (QED) is 0.723. The summed E-state index contributed by atoms with van der Waals surface area (Å²) in [5, 5.41) is 11.5. The summed E-state index contributed by atoms with van der Waals surface area (Å²) in [4.78, 5) is 25.1. The highest BCUT2D eigenvalue weighted by molar-refractivity contribution is 7.99. The highest BCUT2D eigenvalue weighted by atomic mass is 32.2. The number of piperidine rings is 1. The van der Waals surface area contributed by atoms with Gasteiger partial charge in [0.2, 0.25) is 17.0 Å². The van der Waals surface area contributed by atoms with E-state index in [2.05, 4.69) is 15.5 Å². The molecule has 0 unspecified atom stereocenters. The molecular weight excluding hydrogens is 268 g/mol. The number of hydrogen-bond acceptors (Lipinski definition) is 6. The number of nitrogens with zero attached hydrogens (tertiary/aromatic N) is 5. The third kappa shape index (κ3) is 3.22. The van der Waals surface area contributed by atoms with E-state index >= 15 is 0 Å². The Morgan fingerprint density at radius 1 is 1.47 bits per heavy atom.